The van der Waals surface area contributed by atoms with Crippen molar-refractivity contribution < 1.29 is 29.7 Å². The van der Waals surface area contributed by atoms with Gasteiger partial charge in [0.1, 0.15) is 0 Å². The molecule has 0 radical (unpaired) electrons. The van der Waals surface area contributed by atoms with Gasteiger partial charge in [0.15, 0.2) is 0 Å². The summed E-state index contributed by atoms with van der Waals surface area (Å²) >= 11 is 0. The average Bonchev–Trinajstić information content (AvgIpc) is 1.96. The molecule has 6 rings (SSSR count). The van der Waals surface area contributed by atoms with Crippen LogP contribution in [0.15, 0.2) is 146 Å². The zero-order valence-electron chi connectivity index (χ0n) is 56.0. The van der Waals surface area contributed by atoms with E-state index >= 15 is 0 Å². The molecule has 0 saturated carbocycles. The Bertz CT molecular complexity index is 2560. The van der Waals surface area contributed by atoms with Gasteiger partial charge in [0, 0.05) is 52.7 Å². The van der Waals surface area contributed by atoms with Crippen LogP contribution in [0.1, 0.15) is 286 Å². The standard InChI is InChI=1S/3C27H39NO2.Al/c3*29-26(30)22-15-13-11-9-7-5-3-1-2-4-6-8-10-12-14-18-24-19-16-20-25-21-17-23-28-27(24)25;/h3*1,3,16-17,19-21,23H,2,4-15,18,22H2,(H,29,30);/q;;;+3/p-3. The molecule has 3 aromatic carbocycles. The Labute approximate surface area is 561 Å². The molecule has 0 N–H and O–H groups in total. The van der Waals surface area contributed by atoms with Crippen molar-refractivity contribution >= 4 is 68.0 Å². The zero-order valence-corrected chi connectivity index (χ0v) is 57.2. The smallest absolute Gasteiger partial charge is 0.550 e. The van der Waals surface area contributed by atoms with E-state index in [4.69, 9.17) is 0 Å². The molecule has 91 heavy (non-hydrogen) atoms. The molecule has 0 spiro atoms. The van der Waals surface area contributed by atoms with E-state index in [9.17, 15) is 29.7 Å². The van der Waals surface area contributed by atoms with E-state index in [-0.39, 0.29) is 36.6 Å². The second-order valence-electron chi connectivity index (χ2n) is 24.9. The Morgan fingerprint density at radius 1 is 0.264 bits per heavy atom. The first kappa shape index (κ1) is 79.3. The number of carbonyl (C=O) groups excluding carboxylic acids is 3. The topological polar surface area (TPSA) is 159 Å². The summed E-state index contributed by atoms with van der Waals surface area (Å²) in [7, 11) is 0. The van der Waals surface area contributed by atoms with Crippen LogP contribution in [0.3, 0.4) is 0 Å². The number of aliphatic carboxylic acids is 3. The third-order valence-electron chi connectivity index (χ3n) is 17.1. The molecule has 6 aromatic rings. The Hall–Kier alpha value is -5.95. The number of carboxylic acid groups (broad SMARTS) is 3. The van der Waals surface area contributed by atoms with Crippen molar-refractivity contribution in [2.24, 2.45) is 0 Å². The second-order valence-corrected chi connectivity index (χ2v) is 24.9. The van der Waals surface area contributed by atoms with Gasteiger partial charge in [0.05, 0.1) is 16.6 Å². The van der Waals surface area contributed by atoms with Gasteiger partial charge in [-0.15, -0.1) is 0 Å². The molecule has 10 heteroatoms. The number of para-hydroxylation sites is 3. The number of rotatable bonds is 51. The van der Waals surface area contributed by atoms with Crippen molar-refractivity contribution in [2.75, 3.05) is 0 Å². The number of pyridine rings is 3. The van der Waals surface area contributed by atoms with E-state index in [2.05, 4.69) is 124 Å². The molecule has 492 valence electrons. The fourth-order valence-corrected chi connectivity index (χ4v) is 11.9. The number of unbranched alkanes of at least 4 members (excludes halogenated alkanes) is 33. The fraction of sp³-hybridized carbons (Fsp3) is 0.556. The molecule has 0 atom stereocenters. The molecular formula is C81H114AlN3O6. The largest absolute Gasteiger partial charge is 3.00 e. The number of benzene rings is 3. The summed E-state index contributed by atoms with van der Waals surface area (Å²) < 4.78 is 0. The summed E-state index contributed by atoms with van der Waals surface area (Å²) in [4.78, 5) is 44.6. The number of nitrogens with zero attached hydrogens (tertiary/aromatic N) is 3. The van der Waals surface area contributed by atoms with Crippen LogP contribution in [0.4, 0.5) is 0 Å². The van der Waals surface area contributed by atoms with Crippen LogP contribution in [0.2, 0.25) is 0 Å². The number of carboxylic acids is 3. The summed E-state index contributed by atoms with van der Waals surface area (Å²) in [5.74, 6) is -2.76. The molecule has 0 aliphatic rings. The van der Waals surface area contributed by atoms with Gasteiger partial charge in [-0.1, -0.05) is 244 Å². The molecule has 0 aliphatic heterocycles. The molecule has 9 nitrogen and oxygen atoms in total. The minimum Gasteiger partial charge on any atom is -0.550 e. The Kier molecular flexibility index (Phi) is 48.5. The average molecular weight is 1250 g/mol. The SMILES string of the molecule is O=C([O-])CCCCCCCC=CCCCCCCCCc1cccc2cccnc12.O=C([O-])CCCCCCCC=CCCCCCCCCc1cccc2cccnc12.O=C([O-])CCCCCCCC=CCCCCCCCCc1cccc2cccnc12.[Al+3]. The van der Waals surface area contributed by atoms with Gasteiger partial charge in [0.2, 0.25) is 0 Å². The van der Waals surface area contributed by atoms with E-state index in [0.717, 1.165) is 96.3 Å². The Morgan fingerprint density at radius 2 is 0.462 bits per heavy atom. The van der Waals surface area contributed by atoms with Crippen LogP contribution < -0.4 is 15.3 Å². The first-order valence-electron chi connectivity index (χ1n) is 35.8. The van der Waals surface area contributed by atoms with Gasteiger partial charge in [-0.05, 0) is 189 Å². The number of allylic oxidation sites excluding steroid dienone is 6. The maximum Gasteiger partial charge on any atom is 3.00 e. The molecule has 0 fully saturated rings. The third kappa shape index (κ3) is 41.3. The van der Waals surface area contributed by atoms with E-state index in [1.165, 1.54) is 223 Å². The molecule has 0 aliphatic carbocycles. The number of fused-ring (bicyclic) bond motifs is 3. The van der Waals surface area contributed by atoms with Crippen LogP contribution in [-0.4, -0.2) is 50.2 Å². The summed E-state index contributed by atoms with van der Waals surface area (Å²) in [6.45, 7) is 0. The second kappa shape index (κ2) is 55.7. The maximum atomic E-state index is 10.3. The van der Waals surface area contributed by atoms with Gasteiger partial charge in [0.25, 0.3) is 0 Å². The number of hydrogen-bond acceptors (Lipinski definition) is 9. The summed E-state index contributed by atoms with van der Waals surface area (Å²) in [5.41, 5.74) is 7.66. The van der Waals surface area contributed by atoms with Crippen LogP contribution in [0, 0.1) is 0 Å². The summed E-state index contributed by atoms with van der Waals surface area (Å²) in [5, 5.41) is 34.7. The molecular weight excluding hydrogens is 1140 g/mol. The van der Waals surface area contributed by atoms with Crippen LogP contribution in [0.5, 0.6) is 0 Å². The van der Waals surface area contributed by atoms with Crippen molar-refractivity contribution in [3.8, 4) is 0 Å². The first-order valence-corrected chi connectivity index (χ1v) is 35.8. The van der Waals surface area contributed by atoms with Crippen LogP contribution in [0.25, 0.3) is 32.7 Å². The van der Waals surface area contributed by atoms with Crippen molar-refractivity contribution in [1.29, 1.82) is 0 Å². The normalized spacial score (nSPS) is 11.3. The van der Waals surface area contributed by atoms with E-state index < -0.39 is 17.9 Å². The molecule has 0 saturated heterocycles. The van der Waals surface area contributed by atoms with Crippen molar-refractivity contribution in [3.05, 3.63) is 163 Å². The maximum absolute atomic E-state index is 10.3. The van der Waals surface area contributed by atoms with Crippen LogP contribution in [-0.2, 0) is 33.6 Å². The Morgan fingerprint density at radius 3 is 0.692 bits per heavy atom. The van der Waals surface area contributed by atoms with Crippen molar-refractivity contribution in [2.45, 2.75) is 289 Å². The zero-order chi connectivity index (χ0) is 63.8. The fourth-order valence-electron chi connectivity index (χ4n) is 11.9. The quantitative estimate of drug-likeness (QED) is 0.0206. The minimum atomic E-state index is -0.920. The van der Waals surface area contributed by atoms with Gasteiger partial charge in [-0.2, -0.15) is 0 Å². The predicted octanol–water partition coefficient (Wildman–Crippen LogP) is 19.3. The van der Waals surface area contributed by atoms with Gasteiger partial charge in [-0.3, -0.25) is 15.0 Å². The summed E-state index contributed by atoms with van der Waals surface area (Å²) in [6, 6.07) is 32.0. The van der Waals surface area contributed by atoms with Crippen molar-refractivity contribution in [3.63, 3.8) is 0 Å². The number of hydrogen-bond donors (Lipinski definition) is 0. The van der Waals surface area contributed by atoms with Crippen molar-refractivity contribution in [1.82, 2.24) is 15.0 Å². The third-order valence-corrected chi connectivity index (χ3v) is 17.1. The number of aryl methyl sites for hydroxylation is 3. The van der Waals surface area contributed by atoms with Gasteiger partial charge >= 0.3 is 17.4 Å². The van der Waals surface area contributed by atoms with Crippen LogP contribution >= 0.6 is 0 Å². The molecule has 0 bridgehead atoms. The molecule has 3 aromatic heterocycles. The molecule has 3 heterocycles. The monoisotopic (exact) mass is 1250 g/mol. The minimum absolute atomic E-state index is 0. The molecule has 0 amide bonds. The van der Waals surface area contributed by atoms with E-state index in [1.54, 1.807) is 0 Å². The predicted molar refractivity (Wildman–Crippen MR) is 378 cm³/mol. The van der Waals surface area contributed by atoms with Gasteiger partial charge in [-0.25, -0.2) is 0 Å². The van der Waals surface area contributed by atoms with E-state index in [0.29, 0.717) is 0 Å². The summed E-state index contributed by atoms with van der Waals surface area (Å²) in [6.07, 6.45) is 70.3. The van der Waals surface area contributed by atoms with E-state index in [1.807, 2.05) is 36.8 Å². The number of carbonyl (C=O) groups is 3. The Balaban J connectivity index is 0.000000354. The first-order chi connectivity index (χ1) is 44.3. The number of aromatic nitrogens is 3. The van der Waals surface area contributed by atoms with Gasteiger partial charge < -0.3 is 29.7 Å². The molecule has 0 unspecified atom stereocenters.